The Kier molecular flexibility index (Phi) is 10.9. The predicted molar refractivity (Wildman–Crippen MR) is 181 cm³/mol. The van der Waals surface area contributed by atoms with Crippen molar-refractivity contribution in [1.29, 1.82) is 0 Å². The molecule has 2 aromatic carbocycles. The molecule has 3 rings (SSSR count). The SMILES string of the molecule is CC(C)(C)[Si](C)(C)OCCCCCC#Cc1ccc(-c2ccc(-c3ccc(O[Si](C)(C)C(C)(C)C)cc3)nc2)cc1. The van der Waals surface area contributed by atoms with E-state index in [1.165, 1.54) is 6.42 Å². The van der Waals surface area contributed by atoms with Gasteiger partial charge in [0.25, 0.3) is 0 Å². The largest absolute Gasteiger partial charge is 0.544 e. The highest BCUT2D eigenvalue weighted by Gasteiger charge is 2.39. The van der Waals surface area contributed by atoms with Crippen LogP contribution in [0.5, 0.6) is 5.75 Å². The van der Waals surface area contributed by atoms with E-state index in [0.717, 1.165) is 59.6 Å². The van der Waals surface area contributed by atoms with E-state index in [9.17, 15) is 0 Å². The van der Waals surface area contributed by atoms with Gasteiger partial charge in [-0.05, 0) is 97.1 Å². The van der Waals surface area contributed by atoms with Crippen LogP contribution in [0.3, 0.4) is 0 Å². The topological polar surface area (TPSA) is 31.4 Å². The van der Waals surface area contributed by atoms with Crippen LogP contribution in [0.25, 0.3) is 22.4 Å². The summed E-state index contributed by atoms with van der Waals surface area (Å²) in [7, 11) is -3.47. The molecule has 0 aliphatic carbocycles. The smallest absolute Gasteiger partial charge is 0.250 e. The minimum absolute atomic E-state index is 0.175. The van der Waals surface area contributed by atoms with Gasteiger partial charge in [0.05, 0.1) is 5.69 Å². The second-order valence-corrected chi connectivity index (χ2v) is 23.7. The molecule has 0 saturated carbocycles. The molecule has 41 heavy (non-hydrogen) atoms. The second kappa shape index (κ2) is 13.5. The highest BCUT2D eigenvalue weighted by Crippen LogP contribution is 2.38. The minimum atomic E-state index is -1.85. The van der Waals surface area contributed by atoms with Gasteiger partial charge in [-0.3, -0.25) is 4.98 Å². The van der Waals surface area contributed by atoms with Crippen molar-refractivity contribution in [1.82, 2.24) is 4.98 Å². The molecular weight excluding hydrogens is 535 g/mol. The van der Waals surface area contributed by atoms with Gasteiger partial charge in [0.15, 0.2) is 8.32 Å². The van der Waals surface area contributed by atoms with Crippen molar-refractivity contribution in [2.75, 3.05) is 6.61 Å². The van der Waals surface area contributed by atoms with E-state index < -0.39 is 16.6 Å². The lowest BCUT2D eigenvalue weighted by atomic mass is 10.0. The van der Waals surface area contributed by atoms with Crippen molar-refractivity contribution in [3.8, 4) is 40.0 Å². The summed E-state index contributed by atoms with van der Waals surface area (Å²) in [4.78, 5) is 4.74. The van der Waals surface area contributed by atoms with Crippen molar-refractivity contribution in [2.24, 2.45) is 0 Å². The third-order valence-corrected chi connectivity index (χ3v) is 17.7. The molecule has 0 aliphatic rings. The number of aromatic nitrogens is 1. The van der Waals surface area contributed by atoms with Crippen molar-refractivity contribution in [2.45, 2.75) is 103 Å². The van der Waals surface area contributed by atoms with E-state index in [1.807, 2.05) is 6.20 Å². The Morgan fingerprint density at radius 2 is 1.24 bits per heavy atom. The van der Waals surface area contributed by atoms with Crippen molar-refractivity contribution in [3.63, 3.8) is 0 Å². The maximum atomic E-state index is 6.42. The number of benzene rings is 2. The fourth-order valence-electron chi connectivity index (χ4n) is 3.82. The van der Waals surface area contributed by atoms with E-state index in [1.54, 1.807) is 0 Å². The summed E-state index contributed by atoms with van der Waals surface area (Å²) in [5, 5.41) is 0.455. The summed E-state index contributed by atoms with van der Waals surface area (Å²) in [6.07, 6.45) is 6.28. The van der Waals surface area contributed by atoms with Crippen LogP contribution in [0.1, 0.15) is 72.8 Å². The summed E-state index contributed by atoms with van der Waals surface area (Å²) in [6.45, 7) is 23.7. The lowest BCUT2D eigenvalue weighted by molar-refractivity contribution is 0.278. The predicted octanol–water partition coefficient (Wildman–Crippen LogP) is 10.7. The van der Waals surface area contributed by atoms with Crippen LogP contribution in [0, 0.1) is 11.8 Å². The number of hydrogen-bond acceptors (Lipinski definition) is 3. The highest BCUT2D eigenvalue weighted by atomic mass is 28.4. The Morgan fingerprint density at radius 3 is 1.80 bits per heavy atom. The monoisotopic (exact) mass is 585 g/mol. The van der Waals surface area contributed by atoms with Gasteiger partial charge < -0.3 is 8.85 Å². The lowest BCUT2D eigenvalue weighted by Crippen LogP contribution is -2.43. The van der Waals surface area contributed by atoms with Gasteiger partial charge in [-0.15, -0.1) is 0 Å². The highest BCUT2D eigenvalue weighted by molar-refractivity contribution is 6.75. The molecule has 0 N–H and O–H groups in total. The standard InChI is InChI=1S/C36H51NO2Si2/c1-35(2,3)40(7,8)38-27-15-13-11-12-14-16-29-17-19-30(20-18-29)32-23-26-34(37-28-32)31-21-24-33(25-22-31)39-41(9,10)36(4,5)6/h17-26,28H,11-13,15,27H2,1-10H3. The molecule has 0 spiro atoms. The van der Waals surface area contributed by atoms with Crippen LogP contribution >= 0.6 is 0 Å². The molecule has 220 valence electrons. The van der Waals surface area contributed by atoms with Crippen molar-refractivity contribution < 1.29 is 8.85 Å². The zero-order chi connectivity index (χ0) is 30.3. The molecular formula is C36H51NO2Si2. The molecule has 1 heterocycles. The number of hydrogen-bond donors (Lipinski definition) is 0. The Bertz CT molecular complexity index is 1300. The Balaban J connectivity index is 1.48. The third kappa shape index (κ3) is 9.43. The Morgan fingerprint density at radius 1 is 0.659 bits per heavy atom. The first kappa shape index (κ1) is 32.9. The molecule has 0 saturated heterocycles. The van der Waals surface area contributed by atoms with Gasteiger partial charge in [-0.2, -0.15) is 0 Å². The quantitative estimate of drug-likeness (QED) is 0.135. The summed E-state index contributed by atoms with van der Waals surface area (Å²) < 4.78 is 12.7. The van der Waals surface area contributed by atoms with Crippen LogP contribution in [0.2, 0.25) is 36.3 Å². The van der Waals surface area contributed by atoms with Crippen LogP contribution in [0.4, 0.5) is 0 Å². The van der Waals surface area contributed by atoms with E-state index in [0.29, 0.717) is 0 Å². The van der Waals surface area contributed by atoms with E-state index in [2.05, 4.69) is 140 Å². The second-order valence-electron chi connectivity index (χ2n) is 14.1. The molecule has 3 aromatic rings. The van der Waals surface area contributed by atoms with Gasteiger partial charge in [0.1, 0.15) is 5.75 Å². The van der Waals surface area contributed by atoms with Crippen LogP contribution in [-0.2, 0) is 4.43 Å². The number of unbranched alkanes of at least 4 members (excludes halogenated alkanes) is 3. The molecule has 0 radical (unpaired) electrons. The van der Waals surface area contributed by atoms with Crippen LogP contribution in [0.15, 0.2) is 66.9 Å². The van der Waals surface area contributed by atoms with Gasteiger partial charge in [0.2, 0.25) is 8.32 Å². The number of nitrogens with zero attached hydrogens (tertiary/aromatic N) is 1. The maximum Gasteiger partial charge on any atom is 0.250 e. The molecule has 0 amide bonds. The van der Waals surface area contributed by atoms with Gasteiger partial charge in [0, 0.05) is 35.9 Å². The average Bonchev–Trinajstić information content (AvgIpc) is 2.89. The fraction of sp³-hybridized carbons (Fsp3) is 0.472. The minimum Gasteiger partial charge on any atom is -0.544 e. The zero-order valence-electron chi connectivity index (χ0n) is 27.2. The summed E-state index contributed by atoms with van der Waals surface area (Å²) in [5.74, 6) is 7.59. The summed E-state index contributed by atoms with van der Waals surface area (Å²) >= 11 is 0. The average molecular weight is 586 g/mol. The molecule has 0 aliphatic heterocycles. The van der Waals surface area contributed by atoms with E-state index in [4.69, 9.17) is 13.8 Å². The normalized spacial score (nSPS) is 12.5. The molecule has 1 aromatic heterocycles. The van der Waals surface area contributed by atoms with Gasteiger partial charge in [-0.25, -0.2) is 0 Å². The molecule has 0 fully saturated rings. The van der Waals surface area contributed by atoms with E-state index in [-0.39, 0.29) is 10.1 Å². The molecule has 0 atom stereocenters. The van der Waals surface area contributed by atoms with Gasteiger partial charge in [-0.1, -0.05) is 78.0 Å². The maximum absolute atomic E-state index is 6.42. The molecule has 0 bridgehead atoms. The molecule has 3 nitrogen and oxygen atoms in total. The van der Waals surface area contributed by atoms with E-state index >= 15 is 0 Å². The number of pyridine rings is 1. The van der Waals surface area contributed by atoms with Crippen molar-refractivity contribution >= 4 is 16.6 Å². The first-order valence-electron chi connectivity index (χ1n) is 15.1. The van der Waals surface area contributed by atoms with Gasteiger partial charge >= 0.3 is 0 Å². The van der Waals surface area contributed by atoms with Crippen molar-refractivity contribution in [3.05, 3.63) is 72.4 Å². The first-order chi connectivity index (χ1) is 19.1. The Hall–Kier alpha value is -2.66. The molecule has 5 heteroatoms. The first-order valence-corrected chi connectivity index (χ1v) is 20.9. The third-order valence-electron chi connectivity index (χ3n) is 8.76. The summed E-state index contributed by atoms with van der Waals surface area (Å²) in [6, 6.07) is 21.0. The van der Waals surface area contributed by atoms with Crippen LogP contribution in [-0.4, -0.2) is 28.2 Å². The summed E-state index contributed by atoms with van der Waals surface area (Å²) in [5.41, 5.74) is 5.36. The lowest BCUT2D eigenvalue weighted by Gasteiger charge is -2.36. The zero-order valence-corrected chi connectivity index (χ0v) is 29.2. The fourth-order valence-corrected chi connectivity index (χ4v) is 5.94. The number of rotatable bonds is 10. The Labute approximate surface area is 252 Å². The van der Waals surface area contributed by atoms with Crippen LogP contribution < -0.4 is 4.43 Å². The molecule has 0 unspecified atom stereocenters.